The average molecular weight is 226 g/mol. The van der Waals surface area contributed by atoms with Crippen LogP contribution in [0.15, 0.2) is 22.7 Å². The molecular weight excluding hydrogens is 218 g/mol. The van der Waals surface area contributed by atoms with Crippen LogP contribution in [0, 0.1) is 11.6 Å². The molecule has 0 unspecified atom stereocenters. The van der Waals surface area contributed by atoms with Crippen molar-refractivity contribution >= 4 is 0 Å². The number of nitrogens with zero attached hydrogens (tertiary/aromatic N) is 2. The van der Waals surface area contributed by atoms with Gasteiger partial charge >= 0.3 is 0 Å². The molecule has 0 bridgehead atoms. The van der Waals surface area contributed by atoms with Gasteiger partial charge in [-0.1, -0.05) is 11.2 Å². The molecule has 0 fully saturated rings. The van der Waals surface area contributed by atoms with Crippen LogP contribution in [-0.2, 0) is 13.0 Å². The number of rotatable bonds is 3. The van der Waals surface area contributed by atoms with Gasteiger partial charge in [0.1, 0.15) is 6.61 Å². The van der Waals surface area contributed by atoms with Crippen molar-refractivity contribution < 1.29 is 18.4 Å². The third kappa shape index (κ3) is 2.22. The molecule has 16 heavy (non-hydrogen) atoms. The molecule has 84 valence electrons. The first-order valence-electron chi connectivity index (χ1n) is 4.55. The van der Waals surface area contributed by atoms with Gasteiger partial charge < -0.3 is 9.63 Å². The molecule has 0 aliphatic carbocycles. The van der Waals surface area contributed by atoms with Crippen LogP contribution in [0.2, 0.25) is 0 Å². The Morgan fingerprint density at radius 3 is 2.69 bits per heavy atom. The van der Waals surface area contributed by atoms with Crippen molar-refractivity contribution in [2.75, 3.05) is 0 Å². The highest BCUT2D eigenvalue weighted by molar-refractivity contribution is 5.20. The van der Waals surface area contributed by atoms with Gasteiger partial charge in [-0.05, 0) is 17.7 Å². The molecule has 0 aliphatic rings. The smallest absolute Gasteiger partial charge is 0.231 e. The zero-order valence-electron chi connectivity index (χ0n) is 8.15. The summed E-state index contributed by atoms with van der Waals surface area (Å²) in [5, 5.41) is 12.2. The molecule has 0 amide bonds. The van der Waals surface area contributed by atoms with Gasteiger partial charge in [0.15, 0.2) is 17.5 Å². The highest BCUT2D eigenvalue weighted by Crippen LogP contribution is 2.12. The maximum absolute atomic E-state index is 12.9. The Labute approximate surface area is 89.5 Å². The van der Waals surface area contributed by atoms with Crippen LogP contribution < -0.4 is 0 Å². The van der Waals surface area contributed by atoms with E-state index in [1.165, 1.54) is 6.07 Å². The van der Waals surface area contributed by atoms with Crippen LogP contribution in [0.25, 0.3) is 0 Å². The SMILES string of the molecule is OCc1noc(Cc2ccc(F)c(F)c2)n1. The van der Waals surface area contributed by atoms with E-state index in [2.05, 4.69) is 10.1 Å². The van der Waals surface area contributed by atoms with Gasteiger partial charge in [-0.3, -0.25) is 0 Å². The van der Waals surface area contributed by atoms with E-state index >= 15 is 0 Å². The quantitative estimate of drug-likeness (QED) is 0.860. The van der Waals surface area contributed by atoms with Crippen molar-refractivity contribution in [2.45, 2.75) is 13.0 Å². The van der Waals surface area contributed by atoms with Crippen LogP contribution in [0.1, 0.15) is 17.3 Å². The zero-order valence-corrected chi connectivity index (χ0v) is 8.15. The van der Waals surface area contributed by atoms with Crippen molar-refractivity contribution in [3.8, 4) is 0 Å². The lowest BCUT2D eigenvalue weighted by atomic mass is 10.1. The number of halogens is 2. The molecule has 1 heterocycles. The van der Waals surface area contributed by atoms with Crippen molar-refractivity contribution in [1.82, 2.24) is 10.1 Å². The largest absolute Gasteiger partial charge is 0.388 e. The molecule has 2 rings (SSSR count). The summed E-state index contributed by atoms with van der Waals surface area (Å²) in [6.45, 7) is -0.318. The van der Waals surface area contributed by atoms with E-state index in [9.17, 15) is 8.78 Å². The van der Waals surface area contributed by atoms with Gasteiger partial charge in [-0.2, -0.15) is 4.98 Å². The second-order valence-electron chi connectivity index (χ2n) is 3.19. The van der Waals surface area contributed by atoms with E-state index in [1.807, 2.05) is 0 Å². The van der Waals surface area contributed by atoms with E-state index in [4.69, 9.17) is 9.63 Å². The molecule has 0 saturated carbocycles. The summed E-state index contributed by atoms with van der Waals surface area (Å²) < 4.78 is 30.3. The van der Waals surface area contributed by atoms with E-state index < -0.39 is 11.6 Å². The minimum Gasteiger partial charge on any atom is -0.388 e. The number of hydrogen-bond donors (Lipinski definition) is 1. The van der Waals surface area contributed by atoms with E-state index in [0.717, 1.165) is 12.1 Å². The third-order valence-corrected chi connectivity index (χ3v) is 1.99. The second kappa shape index (κ2) is 4.36. The number of aliphatic hydroxyl groups is 1. The number of aliphatic hydroxyl groups excluding tert-OH is 1. The summed E-state index contributed by atoms with van der Waals surface area (Å²) in [6.07, 6.45) is 0.199. The van der Waals surface area contributed by atoms with Crippen molar-refractivity contribution in [1.29, 1.82) is 0 Å². The molecule has 0 atom stereocenters. The second-order valence-corrected chi connectivity index (χ2v) is 3.19. The summed E-state index contributed by atoms with van der Waals surface area (Å²) in [5.74, 6) is -1.41. The fourth-order valence-corrected chi connectivity index (χ4v) is 1.25. The molecule has 0 saturated heterocycles. The number of hydrogen-bond acceptors (Lipinski definition) is 4. The lowest BCUT2D eigenvalue weighted by Gasteiger charge is -1.97. The molecule has 1 N–H and O–H groups in total. The van der Waals surface area contributed by atoms with Gasteiger partial charge in [0, 0.05) is 0 Å². The van der Waals surface area contributed by atoms with Crippen LogP contribution in [0.5, 0.6) is 0 Å². The topological polar surface area (TPSA) is 59.2 Å². The van der Waals surface area contributed by atoms with Gasteiger partial charge in [-0.25, -0.2) is 8.78 Å². The molecule has 0 aliphatic heterocycles. The summed E-state index contributed by atoms with van der Waals surface area (Å²) in [4.78, 5) is 3.83. The minimum atomic E-state index is -0.917. The summed E-state index contributed by atoms with van der Waals surface area (Å²) in [7, 11) is 0. The van der Waals surface area contributed by atoms with Crippen LogP contribution >= 0.6 is 0 Å². The summed E-state index contributed by atoms with van der Waals surface area (Å²) in [6, 6.07) is 3.54. The third-order valence-electron chi connectivity index (χ3n) is 1.99. The van der Waals surface area contributed by atoms with Crippen LogP contribution in [0.4, 0.5) is 8.78 Å². The molecule has 6 heteroatoms. The molecule has 1 aromatic carbocycles. The van der Waals surface area contributed by atoms with Gasteiger partial charge in [0.2, 0.25) is 5.89 Å². The standard InChI is InChI=1S/C10H8F2N2O2/c11-7-2-1-6(3-8(7)12)4-10-13-9(5-15)14-16-10/h1-3,15H,4-5H2. The van der Waals surface area contributed by atoms with Gasteiger partial charge in [-0.15, -0.1) is 0 Å². The Hall–Kier alpha value is -1.82. The highest BCUT2D eigenvalue weighted by Gasteiger charge is 2.08. The Kier molecular flexibility index (Phi) is 2.91. The van der Waals surface area contributed by atoms with Crippen molar-refractivity contribution in [2.24, 2.45) is 0 Å². The summed E-state index contributed by atoms with van der Waals surface area (Å²) in [5.41, 5.74) is 0.520. The molecule has 4 nitrogen and oxygen atoms in total. The lowest BCUT2D eigenvalue weighted by molar-refractivity contribution is 0.263. The van der Waals surface area contributed by atoms with Crippen molar-refractivity contribution in [3.63, 3.8) is 0 Å². The number of benzene rings is 1. The molecule has 0 radical (unpaired) electrons. The van der Waals surface area contributed by atoms with Crippen LogP contribution in [-0.4, -0.2) is 15.2 Å². The Morgan fingerprint density at radius 2 is 2.06 bits per heavy atom. The predicted molar refractivity (Wildman–Crippen MR) is 49.4 cm³/mol. The van der Waals surface area contributed by atoms with Gasteiger partial charge in [0.25, 0.3) is 0 Å². The first kappa shape index (κ1) is 10.7. The maximum atomic E-state index is 12.9. The zero-order chi connectivity index (χ0) is 11.5. The number of aromatic nitrogens is 2. The average Bonchev–Trinajstić information content (AvgIpc) is 2.71. The maximum Gasteiger partial charge on any atom is 0.231 e. The molecule has 1 aromatic heterocycles. The van der Waals surface area contributed by atoms with E-state index in [1.54, 1.807) is 0 Å². The monoisotopic (exact) mass is 226 g/mol. The highest BCUT2D eigenvalue weighted by atomic mass is 19.2. The first-order chi connectivity index (χ1) is 7.69. The molecule has 0 spiro atoms. The van der Waals surface area contributed by atoms with Crippen LogP contribution in [0.3, 0.4) is 0 Å². The lowest BCUT2D eigenvalue weighted by Crippen LogP contribution is -1.92. The Morgan fingerprint density at radius 1 is 1.25 bits per heavy atom. The fourth-order valence-electron chi connectivity index (χ4n) is 1.25. The van der Waals surface area contributed by atoms with E-state index in [-0.39, 0.29) is 24.7 Å². The van der Waals surface area contributed by atoms with E-state index in [0.29, 0.717) is 5.56 Å². The first-order valence-corrected chi connectivity index (χ1v) is 4.55. The van der Waals surface area contributed by atoms with Gasteiger partial charge in [0.05, 0.1) is 6.42 Å². The Balaban J connectivity index is 2.17. The Bertz CT molecular complexity index is 499. The fraction of sp³-hybridized carbons (Fsp3) is 0.200. The normalized spacial score (nSPS) is 10.7. The minimum absolute atomic E-state index is 0.164. The summed E-state index contributed by atoms with van der Waals surface area (Å²) >= 11 is 0. The molecular formula is C10H8F2N2O2. The van der Waals surface area contributed by atoms with Crippen molar-refractivity contribution in [3.05, 3.63) is 47.1 Å². The predicted octanol–water partition coefficient (Wildman–Crippen LogP) is 1.43. The molecule has 2 aromatic rings.